The van der Waals surface area contributed by atoms with Crippen molar-refractivity contribution in [2.45, 2.75) is 32.8 Å². The topological polar surface area (TPSA) is 178 Å². The van der Waals surface area contributed by atoms with Gasteiger partial charge < -0.3 is 15.8 Å². The zero-order valence-corrected chi connectivity index (χ0v) is 17.7. The number of nitrogens with one attached hydrogen (secondary N) is 3. The highest BCUT2D eigenvalue weighted by molar-refractivity contribution is 6.08. The SMILES string of the molecule is CC(C)(C)OC(=O)NC(=N)c1ccc(NC(=O)c2ccc(CC(N)=O)cc2[N+](=O)[O-])cc1. The Morgan fingerprint density at radius 3 is 2.28 bits per heavy atom. The van der Waals surface area contributed by atoms with Crippen molar-refractivity contribution in [1.29, 1.82) is 5.41 Å². The number of nitrogens with two attached hydrogens (primary N) is 1. The van der Waals surface area contributed by atoms with Gasteiger partial charge in [-0.1, -0.05) is 6.07 Å². The van der Waals surface area contributed by atoms with Crippen molar-refractivity contribution in [2.75, 3.05) is 5.32 Å². The van der Waals surface area contributed by atoms with E-state index in [1.807, 2.05) is 0 Å². The van der Waals surface area contributed by atoms with Crippen molar-refractivity contribution in [3.8, 4) is 0 Å². The van der Waals surface area contributed by atoms with E-state index in [0.29, 0.717) is 16.8 Å². The molecule has 2 aromatic carbocycles. The number of carbonyl (C=O) groups is 3. The second kappa shape index (κ2) is 9.69. The number of carbonyl (C=O) groups excluding carboxylic acids is 3. The van der Waals surface area contributed by atoms with Gasteiger partial charge in [0.15, 0.2) is 0 Å². The van der Waals surface area contributed by atoms with Gasteiger partial charge in [0.25, 0.3) is 11.6 Å². The molecular weight excluding hydrogens is 418 g/mol. The Morgan fingerprint density at radius 1 is 1.12 bits per heavy atom. The Hall–Kier alpha value is -4.28. The number of benzene rings is 2. The molecule has 0 fully saturated rings. The molecule has 0 bridgehead atoms. The number of hydrogen-bond acceptors (Lipinski definition) is 7. The summed E-state index contributed by atoms with van der Waals surface area (Å²) in [5.74, 6) is -1.57. The number of ether oxygens (including phenoxy) is 1. The number of primary amides is 1. The summed E-state index contributed by atoms with van der Waals surface area (Å²) in [6.07, 6.45) is -0.958. The number of nitrogens with zero attached hydrogens (tertiary/aromatic N) is 1. The van der Waals surface area contributed by atoms with Crippen LogP contribution in [0.15, 0.2) is 42.5 Å². The quantitative estimate of drug-likeness (QED) is 0.232. The van der Waals surface area contributed by atoms with Crippen LogP contribution in [0, 0.1) is 15.5 Å². The Kier molecular flexibility index (Phi) is 7.26. The van der Waals surface area contributed by atoms with Gasteiger partial charge >= 0.3 is 6.09 Å². The Morgan fingerprint density at radius 2 is 1.75 bits per heavy atom. The van der Waals surface area contributed by atoms with Gasteiger partial charge in [0.05, 0.1) is 11.3 Å². The maximum atomic E-state index is 12.5. The third-order valence-corrected chi connectivity index (χ3v) is 3.94. The first kappa shape index (κ1) is 24.0. The number of anilines is 1. The van der Waals surface area contributed by atoms with Gasteiger partial charge in [0, 0.05) is 17.3 Å². The minimum Gasteiger partial charge on any atom is -0.444 e. The molecule has 0 aliphatic heterocycles. The summed E-state index contributed by atoms with van der Waals surface area (Å²) in [5.41, 5.74) is 4.75. The average Bonchev–Trinajstić information content (AvgIpc) is 2.66. The number of alkyl carbamates (subject to hydrolysis) is 1. The van der Waals surface area contributed by atoms with Crippen LogP contribution in [0.1, 0.15) is 42.3 Å². The lowest BCUT2D eigenvalue weighted by Gasteiger charge is -2.19. The third-order valence-electron chi connectivity index (χ3n) is 3.94. The van der Waals surface area contributed by atoms with E-state index in [2.05, 4.69) is 10.6 Å². The number of amides is 3. The molecule has 0 saturated carbocycles. The Balaban J connectivity index is 2.11. The Bertz CT molecular complexity index is 1070. The van der Waals surface area contributed by atoms with Crippen LogP contribution in [-0.2, 0) is 16.0 Å². The predicted molar refractivity (Wildman–Crippen MR) is 117 cm³/mol. The van der Waals surface area contributed by atoms with Gasteiger partial charge in [-0.15, -0.1) is 0 Å². The summed E-state index contributed by atoms with van der Waals surface area (Å²) >= 11 is 0. The highest BCUT2D eigenvalue weighted by Crippen LogP contribution is 2.22. The van der Waals surface area contributed by atoms with Crippen molar-refractivity contribution in [2.24, 2.45) is 5.73 Å². The standard InChI is InChI=1S/C21H23N5O6/c1-21(2,3)32-20(29)25-18(23)13-5-7-14(8-6-13)24-19(28)15-9-4-12(11-17(22)27)10-16(15)26(30)31/h4-10H,11H2,1-3H3,(H2,22,27)(H,24,28)(H2,23,25,29). The number of hydrogen-bond donors (Lipinski definition) is 4. The highest BCUT2D eigenvalue weighted by atomic mass is 16.6. The second-order valence-corrected chi connectivity index (χ2v) is 7.79. The van der Waals surface area contributed by atoms with E-state index in [1.165, 1.54) is 36.4 Å². The van der Waals surface area contributed by atoms with Crippen LogP contribution in [0.3, 0.4) is 0 Å². The maximum Gasteiger partial charge on any atom is 0.413 e. The molecule has 168 valence electrons. The van der Waals surface area contributed by atoms with E-state index in [0.717, 1.165) is 6.07 Å². The lowest BCUT2D eigenvalue weighted by Crippen LogP contribution is -2.36. The van der Waals surface area contributed by atoms with E-state index in [-0.39, 0.29) is 17.8 Å². The van der Waals surface area contributed by atoms with E-state index in [9.17, 15) is 24.5 Å². The molecule has 0 aliphatic rings. The molecule has 3 amide bonds. The predicted octanol–water partition coefficient (Wildman–Crippen LogP) is 2.72. The van der Waals surface area contributed by atoms with Crippen molar-refractivity contribution >= 4 is 35.1 Å². The van der Waals surface area contributed by atoms with Crippen molar-refractivity contribution in [3.63, 3.8) is 0 Å². The fraction of sp³-hybridized carbons (Fsp3) is 0.238. The molecule has 0 radical (unpaired) electrons. The summed E-state index contributed by atoms with van der Waals surface area (Å²) in [7, 11) is 0. The van der Waals surface area contributed by atoms with Crippen LogP contribution in [-0.4, -0.2) is 34.3 Å². The first-order valence-corrected chi connectivity index (χ1v) is 9.41. The van der Waals surface area contributed by atoms with E-state index >= 15 is 0 Å². The molecule has 0 heterocycles. The summed E-state index contributed by atoms with van der Waals surface area (Å²) in [4.78, 5) is 46.0. The molecule has 0 aliphatic carbocycles. The summed E-state index contributed by atoms with van der Waals surface area (Å²) in [6, 6.07) is 9.73. The zero-order valence-electron chi connectivity index (χ0n) is 17.7. The fourth-order valence-electron chi connectivity index (χ4n) is 2.63. The molecule has 0 spiro atoms. The minimum atomic E-state index is -0.771. The van der Waals surface area contributed by atoms with Crippen molar-refractivity contribution in [3.05, 3.63) is 69.3 Å². The van der Waals surface area contributed by atoms with Crippen LogP contribution in [0.4, 0.5) is 16.2 Å². The Labute approximate surface area is 183 Å². The molecule has 0 aromatic heterocycles. The molecule has 11 heteroatoms. The minimum absolute atomic E-state index is 0.187. The third kappa shape index (κ3) is 6.90. The highest BCUT2D eigenvalue weighted by Gasteiger charge is 2.22. The van der Waals surface area contributed by atoms with E-state index in [4.69, 9.17) is 15.9 Å². The molecule has 32 heavy (non-hydrogen) atoms. The first-order valence-electron chi connectivity index (χ1n) is 9.41. The summed E-state index contributed by atoms with van der Waals surface area (Å²) in [6.45, 7) is 5.09. The number of nitro benzene ring substituents is 1. The molecule has 2 rings (SSSR count). The smallest absolute Gasteiger partial charge is 0.413 e. The monoisotopic (exact) mass is 441 g/mol. The van der Waals surface area contributed by atoms with Crippen LogP contribution < -0.4 is 16.4 Å². The molecule has 0 unspecified atom stereocenters. The van der Waals surface area contributed by atoms with Gasteiger partial charge in [-0.2, -0.15) is 0 Å². The molecular formula is C21H23N5O6. The van der Waals surface area contributed by atoms with E-state index in [1.54, 1.807) is 20.8 Å². The fourth-order valence-corrected chi connectivity index (χ4v) is 2.63. The lowest BCUT2D eigenvalue weighted by molar-refractivity contribution is -0.385. The number of nitro groups is 1. The van der Waals surface area contributed by atoms with Crippen molar-refractivity contribution < 1.29 is 24.0 Å². The number of rotatable bonds is 6. The second-order valence-electron chi connectivity index (χ2n) is 7.79. The van der Waals surface area contributed by atoms with Gasteiger partial charge in [0.1, 0.15) is 17.0 Å². The molecule has 5 N–H and O–H groups in total. The van der Waals surface area contributed by atoms with Gasteiger partial charge in [-0.25, -0.2) is 4.79 Å². The molecule has 0 atom stereocenters. The normalized spacial score (nSPS) is 10.7. The van der Waals surface area contributed by atoms with Crippen LogP contribution in [0.5, 0.6) is 0 Å². The zero-order chi connectivity index (χ0) is 24.1. The van der Waals surface area contributed by atoms with Crippen LogP contribution in [0.25, 0.3) is 0 Å². The van der Waals surface area contributed by atoms with Gasteiger partial charge in [0.2, 0.25) is 5.91 Å². The molecule has 11 nitrogen and oxygen atoms in total. The van der Waals surface area contributed by atoms with Crippen LogP contribution in [0.2, 0.25) is 0 Å². The lowest BCUT2D eigenvalue weighted by atomic mass is 10.1. The maximum absolute atomic E-state index is 12.5. The summed E-state index contributed by atoms with van der Waals surface area (Å²) in [5, 5.41) is 24.1. The first-order chi connectivity index (χ1) is 14.9. The van der Waals surface area contributed by atoms with Gasteiger partial charge in [-0.05, 0) is 56.7 Å². The van der Waals surface area contributed by atoms with E-state index < -0.39 is 34.1 Å². The summed E-state index contributed by atoms with van der Waals surface area (Å²) < 4.78 is 5.09. The molecule has 2 aromatic rings. The van der Waals surface area contributed by atoms with Crippen LogP contribution >= 0.6 is 0 Å². The largest absolute Gasteiger partial charge is 0.444 e. The van der Waals surface area contributed by atoms with Gasteiger partial charge in [-0.3, -0.25) is 30.4 Å². The van der Waals surface area contributed by atoms with Crippen molar-refractivity contribution in [1.82, 2.24) is 5.32 Å². The average molecular weight is 441 g/mol. The molecule has 0 saturated heterocycles. The number of amidine groups is 1.